The summed E-state index contributed by atoms with van der Waals surface area (Å²) < 4.78 is 5.04. The van der Waals surface area contributed by atoms with Crippen molar-refractivity contribution in [1.29, 1.82) is 0 Å². The molecule has 1 aromatic heterocycles. The van der Waals surface area contributed by atoms with Crippen LogP contribution in [0.4, 0.5) is 0 Å². The van der Waals surface area contributed by atoms with Gasteiger partial charge in [0, 0.05) is 12.0 Å². The van der Waals surface area contributed by atoms with E-state index < -0.39 is 11.5 Å². The van der Waals surface area contributed by atoms with Crippen molar-refractivity contribution in [2.45, 2.75) is 39.2 Å². The molecule has 0 aliphatic rings. The zero-order chi connectivity index (χ0) is 13.1. The van der Waals surface area contributed by atoms with Gasteiger partial charge in [0.15, 0.2) is 0 Å². The predicted octanol–water partition coefficient (Wildman–Crippen LogP) is 1.96. The van der Waals surface area contributed by atoms with Crippen LogP contribution in [-0.4, -0.2) is 22.5 Å². The van der Waals surface area contributed by atoms with Crippen LogP contribution in [0.15, 0.2) is 16.7 Å². The molecule has 0 saturated heterocycles. The van der Waals surface area contributed by atoms with Crippen LogP contribution in [0.3, 0.4) is 0 Å². The Labute approximate surface area is 99.8 Å². The second-order valence-electron chi connectivity index (χ2n) is 4.62. The first-order valence-electron chi connectivity index (χ1n) is 5.40. The number of carbonyl (C=O) groups is 2. The normalized spacial score (nSPS) is 11.2. The molecular formula is C12H17NO4. The fourth-order valence-electron chi connectivity index (χ4n) is 1.48. The van der Waals surface area contributed by atoms with E-state index in [0.717, 1.165) is 0 Å². The highest BCUT2D eigenvalue weighted by molar-refractivity contribution is 5.95. The molecule has 5 nitrogen and oxygen atoms in total. The van der Waals surface area contributed by atoms with Crippen LogP contribution < -0.4 is 5.32 Å². The fraction of sp³-hybridized carbons (Fsp3) is 0.500. The van der Waals surface area contributed by atoms with Gasteiger partial charge in [0.25, 0.3) is 5.91 Å². The number of carboxylic acid groups (broad SMARTS) is 1. The lowest BCUT2D eigenvalue weighted by atomic mass is 9.98. The zero-order valence-corrected chi connectivity index (χ0v) is 10.2. The van der Waals surface area contributed by atoms with Gasteiger partial charge in [-0.2, -0.15) is 0 Å². The number of hydrogen-bond donors (Lipinski definition) is 2. The SMILES string of the molecule is Cc1occc1C(=O)NC(C)(C)CCC(=O)O. The van der Waals surface area contributed by atoms with E-state index in [1.54, 1.807) is 26.8 Å². The minimum absolute atomic E-state index is 0.0254. The molecule has 0 radical (unpaired) electrons. The van der Waals surface area contributed by atoms with Gasteiger partial charge in [-0.3, -0.25) is 9.59 Å². The monoisotopic (exact) mass is 239 g/mol. The predicted molar refractivity (Wildman–Crippen MR) is 61.9 cm³/mol. The Morgan fingerprint density at radius 3 is 2.59 bits per heavy atom. The second-order valence-corrected chi connectivity index (χ2v) is 4.62. The van der Waals surface area contributed by atoms with Crippen LogP contribution in [0.1, 0.15) is 42.8 Å². The van der Waals surface area contributed by atoms with Crippen LogP contribution >= 0.6 is 0 Å². The number of carbonyl (C=O) groups excluding carboxylic acids is 1. The van der Waals surface area contributed by atoms with Crippen molar-refractivity contribution >= 4 is 11.9 Å². The molecule has 0 atom stereocenters. The summed E-state index contributed by atoms with van der Waals surface area (Å²) in [5.74, 6) is -0.560. The Hall–Kier alpha value is -1.78. The molecule has 0 aliphatic heterocycles. The molecule has 0 bridgehead atoms. The maximum Gasteiger partial charge on any atom is 0.303 e. The van der Waals surface area contributed by atoms with E-state index in [4.69, 9.17) is 9.52 Å². The standard InChI is InChI=1S/C12H17NO4/c1-8-9(5-7-17-8)11(16)13-12(2,3)6-4-10(14)15/h5,7H,4,6H2,1-3H3,(H,13,16)(H,14,15). The van der Waals surface area contributed by atoms with Gasteiger partial charge in [-0.05, 0) is 33.3 Å². The average molecular weight is 239 g/mol. The van der Waals surface area contributed by atoms with Crippen molar-refractivity contribution in [2.75, 3.05) is 0 Å². The molecule has 0 saturated carbocycles. The maximum absolute atomic E-state index is 11.9. The molecule has 1 rings (SSSR count). The molecule has 2 N–H and O–H groups in total. The molecule has 0 unspecified atom stereocenters. The molecular weight excluding hydrogens is 222 g/mol. The highest BCUT2D eigenvalue weighted by Crippen LogP contribution is 2.14. The summed E-state index contributed by atoms with van der Waals surface area (Å²) >= 11 is 0. The van der Waals surface area contributed by atoms with Crippen molar-refractivity contribution < 1.29 is 19.1 Å². The van der Waals surface area contributed by atoms with E-state index in [0.29, 0.717) is 17.7 Å². The zero-order valence-electron chi connectivity index (χ0n) is 10.2. The molecule has 1 amide bonds. The van der Waals surface area contributed by atoms with Crippen LogP contribution in [0.25, 0.3) is 0 Å². The quantitative estimate of drug-likeness (QED) is 0.823. The molecule has 1 heterocycles. The number of nitrogens with one attached hydrogen (secondary N) is 1. The average Bonchev–Trinajstić information content (AvgIpc) is 2.61. The minimum atomic E-state index is -0.869. The number of furan rings is 1. The molecule has 0 aromatic carbocycles. The summed E-state index contributed by atoms with van der Waals surface area (Å²) in [5, 5.41) is 11.4. The third-order valence-corrected chi connectivity index (χ3v) is 2.52. The minimum Gasteiger partial charge on any atom is -0.481 e. The molecule has 0 fully saturated rings. The van der Waals surface area contributed by atoms with Crippen molar-refractivity contribution in [2.24, 2.45) is 0 Å². The Morgan fingerprint density at radius 1 is 1.47 bits per heavy atom. The highest BCUT2D eigenvalue weighted by atomic mass is 16.4. The summed E-state index contributed by atoms with van der Waals surface area (Å²) in [6, 6.07) is 1.60. The summed E-state index contributed by atoms with van der Waals surface area (Å²) in [6.07, 6.45) is 1.86. The summed E-state index contributed by atoms with van der Waals surface area (Å²) in [5.41, 5.74) is -0.0764. The third kappa shape index (κ3) is 3.94. The van der Waals surface area contributed by atoms with E-state index in [1.165, 1.54) is 6.26 Å². The van der Waals surface area contributed by atoms with Crippen molar-refractivity contribution in [1.82, 2.24) is 5.32 Å². The van der Waals surface area contributed by atoms with E-state index in [1.807, 2.05) is 0 Å². The van der Waals surface area contributed by atoms with Gasteiger partial charge in [0.05, 0.1) is 11.8 Å². The Morgan fingerprint density at radius 2 is 2.12 bits per heavy atom. The number of aryl methyl sites for hydroxylation is 1. The third-order valence-electron chi connectivity index (χ3n) is 2.52. The number of carboxylic acids is 1. The fourth-order valence-corrected chi connectivity index (χ4v) is 1.48. The maximum atomic E-state index is 11.9. The van der Waals surface area contributed by atoms with Gasteiger partial charge in [-0.25, -0.2) is 0 Å². The molecule has 0 aliphatic carbocycles. The first-order valence-corrected chi connectivity index (χ1v) is 5.40. The smallest absolute Gasteiger partial charge is 0.303 e. The van der Waals surface area contributed by atoms with E-state index >= 15 is 0 Å². The first-order chi connectivity index (χ1) is 7.82. The number of amides is 1. The van der Waals surface area contributed by atoms with Crippen molar-refractivity contribution in [3.8, 4) is 0 Å². The van der Waals surface area contributed by atoms with Gasteiger partial charge in [0.2, 0.25) is 0 Å². The molecule has 1 aromatic rings. The number of hydrogen-bond acceptors (Lipinski definition) is 3. The number of rotatable bonds is 5. The van der Waals surface area contributed by atoms with E-state index in [9.17, 15) is 9.59 Å². The second kappa shape index (κ2) is 5.03. The van der Waals surface area contributed by atoms with Crippen molar-refractivity contribution in [3.63, 3.8) is 0 Å². The summed E-state index contributed by atoms with van der Waals surface area (Å²) in [6.45, 7) is 5.30. The van der Waals surface area contributed by atoms with Crippen LogP contribution in [0.2, 0.25) is 0 Å². The lowest BCUT2D eigenvalue weighted by Gasteiger charge is -2.25. The molecule has 94 valence electrons. The Kier molecular flexibility index (Phi) is 3.93. The summed E-state index contributed by atoms with van der Waals surface area (Å²) in [4.78, 5) is 22.4. The van der Waals surface area contributed by atoms with Gasteiger partial charge < -0.3 is 14.8 Å². The molecule has 17 heavy (non-hydrogen) atoms. The Bertz CT molecular complexity index is 420. The van der Waals surface area contributed by atoms with E-state index in [2.05, 4.69) is 5.32 Å². The first kappa shape index (κ1) is 13.3. The van der Waals surface area contributed by atoms with Crippen LogP contribution in [-0.2, 0) is 4.79 Å². The van der Waals surface area contributed by atoms with Crippen LogP contribution in [0.5, 0.6) is 0 Å². The lowest BCUT2D eigenvalue weighted by Crippen LogP contribution is -2.43. The lowest BCUT2D eigenvalue weighted by molar-refractivity contribution is -0.137. The molecule has 0 spiro atoms. The van der Waals surface area contributed by atoms with Crippen LogP contribution in [0, 0.1) is 6.92 Å². The Balaban J connectivity index is 2.61. The summed E-state index contributed by atoms with van der Waals surface area (Å²) in [7, 11) is 0. The van der Waals surface area contributed by atoms with Crippen molar-refractivity contribution in [3.05, 3.63) is 23.7 Å². The topological polar surface area (TPSA) is 79.5 Å². The van der Waals surface area contributed by atoms with Gasteiger partial charge in [-0.1, -0.05) is 0 Å². The largest absolute Gasteiger partial charge is 0.481 e. The molecule has 5 heteroatoms. The highest BCUT2D eigenvalue weighted by Gasteiger charge is 2.23. The van der Waals surface area contributed by atoms with Gasteiger partial charge >= 0.3 is 5.97 Å². The number of aliphatic carboxylic acids is 1. The van der Waals surface area contributed by atoms with E-state index in [-0.39, 0.29) is 12.3 Å². The van der Waals surface area contributed by atoms with Gasteiger partial charge in [-0.15, -0.1) is 0 Å². The van der Waals surface area contributed by atoms with Gasteiger partial charge in [0.1, 0.15) is 5.76 Å².